The van der Waals surface area contributed by atoms with E-state index in [1.165, 1.54) is 25.0 Å². The molecule has 7 heteroatoms. The monoisotopic (exact) mass is 390 g/mol. The molecule has 3 saturated heterocycles. The highest BCUT2D eigenvalue weighted by Crippen LogP contribution is 2.23. The molecule has 0 bridgehead atoms. The number of amides is 1. The quantitative estimate of drug-likeness (QED) is 0.819. The molecular formula is C21H31FN4O2. The number of carbonyl (C=O) groups excluding carboxylic acids is 1. The predicted molar refractivity (Wildman–Crippen MR) is 105 cm³/mol. The van der Waals surface area contributed by atoms with Gasteiger partial charge in [-0.1, -0.05) is 25.0 Å². The Bertz CT molecular complexity index is 650. The Labute approximate surface area is 166 Å². The van der Waals surface area contributed by atoms with Gasteiger partial charge in [-0.2, -0.15) is 0 Å². The van der Waals surface area contributed by atoms with Crippen LogP contribution in [-0.2, 0) is 16.0 Å². The second-order valence-corrected chi connectivity index (χ2v) is 8.08. The Kier molecular flexibility index (Phi) is 6.57. The molecule has 3 aliphatic heterocycles. The van der Waals surface area contributed by atoms with E-state index in [1.54, 1.807) is 0 Å². The van der Waals surface area contributed by atoms with E-state index in [1.807, 2.05) is 12.1 Å². The fourth-order valence-electron chi connectivity index (χ4n) is 4.62. The fourth-order valence-corrected chi connectivity index (χ4v) is 4.62. The minimum atomic E-state index is -0.198. The maximum atomic E-state index is 13.3. The molecule has 6 nitrogen and oxygen atoms in total. The molecular weight excluding hydrogens is 359 g/mol. The van der Waals surface area contributed by atoms with E-state index >= 15 is 0 Å². The van der Waals surface area contributed by atoms with E-state index in [0.29, 0.717) is 12.5 Å². The van der Waals surface area contributed by atoms with Crippen molar-refractivity contribution in [2.45, 2.75) is 57.0 Å². The molecule has 4 rings (SSSR count). The lowest BCUT2D eigenvalue weighted by atomic mass is 10.0. The average molecular weight is 391 g/mol. The molecule has 2 N–H and O–H groups in total. The van der Waals surface area contributed by atoms with E-state index in [9.17, 15) is 9.18 Å². The largest absolute Gasteiger partial charge is 0.379 e. The average Bonchev–Trinajstić information content (AvgIpc) is 2.95. The third-order valence-corrected chi connectivity index (χ3v) is 6.15. The number of halogens is 1. The molecule has 3 atom stereocenters. The van der Waals surface area contributed by atoms with Crippen LogP contribution < -0.4 is 10.6 Å². The van der Waals surface area contributed by atoms with Gasteiger partial charge in [-0.15, -0.1) is 0 Å². The summed E-state index contributed by atoms with van der Waals surface area (Å²) >= 11 is 0. The predicted octanol–water partition coefficient (Wildman–Crippen LogP) is 1.66. The van der Waals surface area contributed by atoms with E-state index in [4.69, 9.17) is 4.74 Å². The van der Waals surface area contributed by atoms with Gasteiger partial charge in [0.25, 0.3) is 0 Å². The van der Waals surface area contributed by atoms with Crippen LogP contribution in [0.5, 0.6) is 0 Å². The van der Waals surface area contributed by atoms with E-state index in [-0.39, 0.29) is 24.2 Å². The Morgan fingerprint density at radius 1 is 1.07 bits per heavy atom. The Morgan fingerprint density at radius 2 is 1.86 bits per heavy atom. The molecule has 3 fully saturated rings. The number of carbonyl (C=O) groups is 1. The molecule has 3 heterocycles. The number of hydrogen-bond acceptors (Lipinski definition) is 5. The zero-order valence-electron chi connectivity index (χ0n) is 16.4. The van der Waals surface area contributed by atoms with Crippen LogP contribution in [0.15, 0.2) is 24.3 Å². The maximum Gasteiger partial charge on any atom is 0.225 e. The van der Waals surface area contributed by atoms with Gasteiger partial charge in [0.05, 0.1) is 25.8 Å². The van der Waals surface area contributed by atoms with Crippen LogP contribution >= 0.6 is 0 Å². The van der Waals surface area contributed by atoms with Crippen molar-refractivity contribution >= 4 is 5.91 Å². The molecule has 154 valence electrons. The highest BCUT2D eigenvalue weighted by atomic mass is 19.1. The Morgan fingerprint density at radius 3 is 2.64 bits per heavy atom. The van der Waals surface area contributed by atoms with Gasteiger partial charge in [0, 0.05) is 25.7 Å². The summed E-state index contributed by atoms with van der Waals surface area (Å²) in [7, 11) is 0. The highest BCUT2D eigenvalue weighted by Gasteiger charge is 2.36. The number of ether oxygens (including phenoxy) is 1. The molecule has 1 aromatic rings. The van der Waals surface area contributed by atoms with Gasteiger partial charge in [0.1, 0.15) is 12.1 Å². The summed E-state index contributed by atoms with van der Waals surface area (Å²) in [5.74, 6) is -0.0962. The zero-order chi connectivity index (χ0) is 19.3. The van der Waals surface area contributed by atoms with Gasteiger partial charge in [-0.05, 0) is 37.0 Å². The normalized spacial score (nSPS) is 30.6. The lowest BCUT2D eigenvalue weighted by Crippen LogP contribution is -2.69. The summed E-state index contributed by atoms with van der Waals surface area (Å²) in [6.45, 7) is 4.12. The van der Waals surface area contributed by atoms with Crippen molar-refractivity contribution in [1.29, 1.82) is 0 Å². The van der Waals surface area contributed by atoms with Crippen LogP contribution in [0.1, 0.15) is 37.7 Å². The van der Waals surface area contributed by atoms with Gasteiger partial charge < -0.3 is 10.1 Å². The zero-order valence-corrected chi connectivity index (χ0v) is 16.4. The Balaban J connectivity index is 1.47. The molecule has 1 aromatic carbocycles. The van der Waals surface area contributed by atoms with Crippen molar-refractivity contribution in [2.75, 3.05) is 32.8 Å². The highest BCUT2D eigenvalue weighted by molar-refractivity contribution is 5.77. The van der Waals surface area contributed by atoms with E-state index in [0.717, 1.165) is 57.7 Å². The summed E-state index contributed by atoms with van der Waals surface area (Å²) in [5.41, 5.74) is 1.14. The van der Waals surface area contributed by atoms with Crippen LogP contribution in [0.25, 0.3) is 0 Å². The molecule has 28 heavy (non-hydrogen) atoms. The maximum absolute atomic E-state index is 13.3. The number of benzene rings is 1. The van der Waals surface area contributed by atoms with Crippen LogP contribution in [-0.4, -0.2) is 67.1 Å². The van der Waals surface area contributed by atoms with Crippen molar-refractivity contribution < 1.29 is 13.9 Å². The van der Waals surface area contributed by atoms with E-state index < -0.39 is 0 Å². The lowest BCUT2D eigenvalue weighted by Gasteiger charge is -2.45. The summed E-state index contributed by atoms with van der Waals surface area (Å²) in [6.07, 6.45) is 5.88. The lowest BCUT2D eigenvalue weighted by molar-refractivity contribution is -0.131. The number of hydrogen-bond donors (Lipinski definition) is 2. The van der Waals surface area contributed by atoms with Gasteiger partial charge in [0.2, 0.25) is 5.91 Å². The third-order valence-electron chi connectivity index (χ3n) is 6.15. The van der Waals surface area contributed by atoms with Crippen molar-refractivity contribution in [3.63, 3.8) is 0 Å². The van der Waals surface area contributed by atoms with Crippen molar-refractivity contribution in [2.24, 2.45) is 0 Å². The molecule has 1 amide bonds. The summed E-state index contributed by atoms with van der Waals surface area (Å²) in [4.78, 5) is 17.2. The minimum Gasteiger partial charge on any atom is -0.379 e. The molecule has 0 aromatic heterocycles. The molecule has 0 aliphatic carbocycles. The van der Waals surface area contributed by atoms with Crippen LogP contribution in [0, 0.1) is 5.82 Å². The standard InChI is InChI=1S/C21H31FN4O2/c22-17-7-5-16(6-8-17)14-18-4-2-1-3-9-26(18)21-23-19(15-20(27)24-21)25-10-12-28-13-11-25/h5-8,18-19,21,23H,1-4,9-15H2,(H,24,27)/t18-,19?,21?/m1/s1. The number of morpholine rings is 1. The summed E-state index contributed by atoms with van der Waals surface area (Å²) < 4.78 is 18.7. The van der Waals surface area contributed by atoms with Crippen LogP contribution in [0.2, 0.25) is 0 Å². The number of nitrogens with one attached hydrogen (secondary N) is 2. The first kappa shape index (κ1) is 19.8. The molecule has 0 spiro atoms. The number of rotatable bonds is 4. The summed E-state index contributed by atoms with van der Waals surface area (Å²) in [6, 6.07) is 7.15. The van der Waals surface area contributed by atoms with Gasteiger partial charge in [-0.25, -0.2) is 4.39 Å². The van der Waals surface area contributed by atoms with Crippen molar-refractivity contribution in [3.05, 3.63) is 35.6 Å². The minimum absolute atomic E-state index is 0.0531. The van der Waals surface area contributed by atoms with Crippen LogP contribution in [0.4, 0.5) is 4.39 Å². The first-order valence-electron chi connectivity index (χ1n) is 10.6. The Hall–Kier alpha value is -1.54. The smallest absolute Gasteiger partial charge is 0.225 e. The van der Waals surface area contributed by atoms with Crippen molar-refractivity contribution in [1.82, 2.24) is 20.4 Å². The molecule has 3 aliphatic rings. The van der Waals surface area contributed by atoms with Gasteiger partial charge >= 0.3 is 0 Å². The molecule has 2 unspecified atom stereocenters. The van der Waals surface area contributed by atoms with Gasteiger partial charge in [-0.3, -0.25) is 19.9 Å². The topological polar surface area (TPSA) is 56.8 Å². The second-order valence-electron chi connectivity index (χ2n) is 8.08. The van der Waals surface area contributed by atoms with Gasteiger partial charge in [0.15, 0.2) is 0 Å². The molecule has 0 radical (unpaired) electrons. The fraction of sp³-hybridized carbons (Fsp3) is 0.667. The van der Waals surface area contributed by atoms with Crippen molar-refractivity contribution in [3.8, 4) is 0 Å². The number of nitrogens with zero attached hydrogens (tertiary/aromatic N) is 2. The number of likely N-dealkylation sites (tertiary alicyclic amines) is 1. The first-order chi connectivity index (χ1) is 13.7. The first-order valence-corrected chi connectivity index (χ1v) is 10.6. The summed E-state index contributed by atoms with van der Waals surface area (Å²) in [5, 5.41) is 6.85. The van der Waals surface area contributed by atoms with Crippen LogP contribution in [0.3, 0.4) is 0 Å². The molecule has 0 saturated carbocycles. The third kappa shape index (κ3) is 4.89. The van der Waals surface area contributed by atoms with E-state index in [2.05, 4.69) is 20.4 Å². The second kappa shape index (κ2) is 9.31. The SMILES string of the molecule is O=C1CC(N2CCOCC2)NC(N2CCCCC[C@@H]2Cc2ccc(F)cc2)N1.